The zero-order valence-electron chi connectivity index (χ0n) is 11.8. The molecule has 1 fully saturated rings. The lowest BCUT2D eigenvalue weighted by atomic mass is 10.2. The van der Waals surface area contributed by atoms with E-state index in [1.165, 1.54) is 12.8 Å². The van der Waals surface area contributed by atoms with Crippen molar-refractivity contribution >= 4 is 0 Å². The second-order valence-electron chi connectivity index (χ2n) is 5.34. The molecule has 0 aliphatic heterocycles. The van der Waals surface area contributed by atoms with E-state index in [0.717, 1.165) is 17.9 Å². The Labute approximate surface area is 115 Å². The standard InChI is InChI=1S/C15H24N2O2/c1-17(11-14(18)9-16-13-7-8-13)10-12-5-3-4-6-15(12)19-2/h3-6,13-14,16,18H,7-11H2,1-2H3. The van der Waals surface area contributed by atoms with Crippen molar-refractivity contribution in [3.8, 4) is 5.75 Å². The van der Waals surface area contributed by atoms with Gasteiger partial charge < -0.3 is 15.2 Å². The van der Waals surface area contributed by atoms with E-state index >= 15 is 0 Å². The van der Waals surface area contributed by atoms with E-state index in [0.29, 0.717) is 19.1 Å². The van der Waals surface area contributed by atoms with Crippen LogP contribution in [0, 0.1) is 0 Å². The molecule has 0 saturated heterocycles. The number of benzene rings is 1. The first-order valence-electron chi connectivity index (χ1n) is 6.91. The van der Waals surface area contributed by atoms with Gasteiger partial charge in [0.1, 0.15) is 5.75 Å². The highest BCUT2D eigenvalue weighted by Gasteiger charge is 2.21. The first-order valence-corrected chi connectivity index (χ1v) is 6.91. The van der Waals surface area contributed by atoms with Crippen LogP contribution < -0.4 is 10.1 Å². The monoisotopic (exact) mass is 264 g/mol. The summed E-state index contributed by atoms with van der Waals surface area (Å²) in [5, 5.41) is 13.3. The second-order valence-corrected chi connectivity index (χ2v) is 5.34. The number of hydrogen-bond acceptors (Lipinski definition) is 4. The summed E-state index contributed by atoms with van der Waals surface area (Å²) in [5.74, 6) is 0.903. The van der Waals surface area contributed by atoms with Crippen molar-refractivity contribution < 1.29 is 9.84 Å². The van der Waals surface area contributed by atoms with Crippen LogP contribution in [0.3, 0.4) is 0 Å². The van der Waals surface area contributed by atoms with Gasteiger partial charge in [0.05, 0.1) is 13.2 Å². The highest BCUT2D eigenvalue weighted by molar-refractivity contribution is 5.32. The zero-order chi connectivity index (χ0) is 13.7. The molecule has 1 saturated carbocycles. The van der Waals surface area contributed by atoms with Crippen molar-refractivity contribution in [2.45, 2.75) is 31.5 Å². The molecule has 106 valence electrons. The predicted octanol–water partition coefficient (Wildman–Crippen LogP) is 1.24. The maximum atomic E-state index is 9.97. The summed E-state index contributed by atoms with van der Waals surface area (Å²) < 4.78 is 5.34. The molecule has 4 heteroatoms. The van der Waals surface area contributed by atoms with Crippen molar-refractivity contribution in [3.05, 3.63) is 29.8 Å². The van der Waals surface area contributed by atoms with Gasteiger partial charge in [0.2, 0.25) is 0 Å². The molecule has 4 nitrogen and oxygen atoms in total. The lowest BCUT2D eigenvalue weighted by Crippen LogP contribution is -2.37. The molecule has 0 spiro atoms. The van der Waals surface area contributed by atoms with E-state index < -0.39 is 0 Å². The highest BCUT2D eigenvalue weighted by Crippen LogP contribution is 2.19. The maximum Gasteiger partial charge on any atom is 0.123 e. The summed E-state index contributed by atoms with van der Waals surface area (Å²) >= 11 is 0. The molecule has 2 N–H and O–H groups in total. The largest absolute Gasteiger partial charge is 0.496 e. The Morgan fingerprint density at radius 3 is 2.84 bits per heavy atom. The molecule has 0 bridgehead atoms. The summed E-state index contributed by atoms with van der Waals surface area (Å²) in [7, 11) is 3.71. The van der Waals surface area contributed by atoms with Gasteiger partial charge in [-0.05, 0) is 26.0 Å². The Bertz CT molecular complexity index is 393. The Morgan fingerprint density at radius 1 is 1.42 bits per heavy atom. The molecule has 0 aromatic heterocycles. The first-order chi connectivity index (χ1) is 9.19. The zero-order valence-corrected chi connectivity index (χ0v) is 11.8. The van der Waals surface area contributed by atoms with Crippen molar-refractivity contribution in [1.82, 2.24) is 10.2 Å². The molecule has 0 heterocycles. The van der Waals surface area contributed by atoms with Crippen molar-refractivity contribution in [2.75, 3.05) is 27.2 Å². The van der Waals surface area contributed by atoms with Crippen LogP contribution in [-0.4, -0.2) is 49.4 Å². The van der Waals surface area contributed by atoms with Gasteiger partial charge in [-0.1, -0.05) is 18.2 Å². The molecule has 19 heavy (non-hydrogen) atoms. The fourth-order valence-electron chi connectivity index (χ4n) is 2.20. The molecule has 1 aliphatic rings. The van der Waals surface area contributed by atoms with Gasteiger partial charge in [-0.25, -0.2) is 0 Å². The molecule has 1 unspecified atom stereocenters. The number of methoxy groups -OCH3 is 1. The number of aliphatic hydroxyl groups excluding tert-OH is 1. The minimum Gasteiger partial charge on any atom is -0.496 e. The highest BCUT2D eigenvalue weighted by atomic mass is 16.5. The van der Waals surface area contributed by atoms with E-state index in [1.807, 2.05) is 25.2 Å². The van der Waals surface area contributed by atoms with E-state index in [1.54, 1.807) is 7.11 Å². The van der Waals surface area contributed by atoms with Crippen LogP contribution in [-0.2, 0) is 6.54 Å². The fraction of sp³-hybridized carbons (Fsp3) is 0.600. The summed E-state index contributed by atoms with van der Waals surface area (Å²) in [6.45, 7) is 2.13. The number of hydrogen-bond donors (Lipinski definition) is 2. The molecule has 0 radical (unpaired) electrons. The average molecular weight is 264 g/mol. The predicted molar refractivity (Wildman–Crippen MR) is 76.4 cm³/mol. The van der Waals surface area contributed by atoms with Crippen LogP contribution in [0.4, 0.5) is 0 Å². The van der Waals surface area contributed by atoms with Gasteiger partial charge in [0.25, 0.3) is 0 Å². The van der Waals surface area contributed by atoms with E-state index in [2.05, 4.69) is 16.3 Å². The Kier molecular flexibility index (Phi) is 5.19. The van der Waals surface area contributed by atoms with E-state index in [9.17, 15) is 5.11 Å². The normalized spacial score (nSPS) is 16.6. The first kappa shape index (κ1) is 14.3. The Balaban J connectivity index is 1.77. The van der Waals surface area contributed by atoms with Gasteiger partial charge in [-0.2, -0.15) is 0 Å². The van der Waals surface area contributed by atoms with Crippen LogP contribution in [0.5, 0.6) is 5.75 Å². The van der Waals surface area contributed by atoms with Crippen LogP contribution in [0.1, 0.15) is 18.4 Å². The van der Waals surface area contributed by atoms with Crippen LogP contribution in [0.15, 0.2) is 24.3 Å². The quantitative estimate of drug-likeness (QED) is 0.741. The summed E-state index contributed by atoms with van der Waals surface area (Å²) in [6, 6.07) is 8.65. The Hall–Kier alpha value is -1.10. The number of para-hydroxylation sites is 1. The van der Waals surface area contributed by atoms with Gasteiger partial charge in [-0.3, -0.25) is 4.90 Å². The molecular weight excluding hydrogens is 240 g/mol. The van der Waals surface area contributed by atoms with E-state index in [-0.39, 0.29) is 6.10 Å². The van der Waals surface area contributed by atoms with Crippen molar-refractivity contribution in [2.24, 2.45) is 0 Å². The third kappa shape index (κ3) is 4.82. The minimum absolute atomic E-state index is 0.319. The number of aliphatic hydroxyl groups is 1. The Morgan fingerprint density at radius 2 is 2.16 bits per heavy atom. The van der Waals surface area contributed by atoms with Gasteiger partial charge >= 0.3 is 0 Å². The molecule has 0 amide bonds. The third-order valence-corrected chi connectivity index (χ3v) is 3.37. The maximum absolute atomic E-state index is 9.97. The fourth-order valence-corrected chi connectivity index (χ4v) is 2.20. The summed E-state index contributed by atoms with van der Waals surface area (Å²) in [4.78, 5) is 2.12. The molecule has 2 rings (SSSR count). The van der Waals surface area contributed by atoms with Gasteiger partial charge in [-0.15, -0.1) is 0 Å². The van der Waals surface area contributed by atoms with Crippen LogP contribution in [0.2, 0.25) is 0 Å². The lowest BCUT2D eigenvalue weighted by molar-refractivity contribution is 0.120. The summed E-state index contributed by atoms with van der Waals surface area (Å²) in [6.07, 6.45) is 2.19. The molecule has 1 atom stereocenters. The van der Waals surface area contributed by atoms with Crippen LogP contribution >= 0.6 is 0 Å². The number of nitrogens with zero attached hydrogens (tertiary/aromatic N) is 1. The molecule has 1 aromatic rings. The minimum atomic E-state index is -0.319. The molecular formula is C15H24N2O2. The number of rotatable bonds is 8. The van der Waals surface area contributed by atoms with E-state index in [4.69, 9.17) is 4.74 Å². The average Bonchev–Trinajstić information content (AvgIpc) is 3.21. The topological polar surface area (TPSA) is 44.7 Å². The second kappa shape index (κ2) is 6.89. The lowest BCUT2D eigenvalue weighted by Gasteiger charge is -2.21. The third-order valence-electron chi connectivity index (χ3n) is 3.37. The molecule has 1 aliphatic carbocycles. The van der Waals surface area contributed by atoms with Gasteiger partial charge in [0.15, 0.2) is 0 Å². The SMILES string of the molecule is COc1ccccc1CN(C)CC(O)CNC1CC1. The smallest absolute Gasteiger partial charge is 0.123 e. The van der Waals surface area contributed by atoms with Crippen LogP contribution in [0.25, 0.3) is 0 Å². The summed E-state index contributed by atoms with van der Waals surface area (Å²) in [5.41, 5.74) is 1.15. The number of likely N-dealkylation sites (N-methyl/N-ethyl adjacent to an activating group) is 1. The van der Waals surface area contributed by atoms with Gasteiger partial charge in [0, 0.05) is 31.2 Å². The number of nitrogens with one attached hydrogen (secondary N) is 1. The van der Waals surface area contributed by atoms with Crippen molar-refractivity contribution in [3.63, 3.8) is 0 Å². The van der Waals surface area contributed by atoms with Crippen molar-refractivity contribution in [1.29, 1.82) is 0 Å². The number of ether oxygens (including phenoxy) is 1. The molecule has 1 aromatic carbocycles.